The van der Waals surface area contributed by atoms with Gasteiger partial charge < -0.3 is 14.3 Å². The van der Waals surface area contributed by atoms with E-state index in [1.54, 1.807) is 13.2 Å². The third kappa shape index (κ3) is 6.82. The molecule has 1 aliphatic heterocycles. The molecule has 0 aliphatic carbocycles. The van der Waals surface area contributed by atoms with Crippen LogP contribution in [-0.2, 0) is 21.0 Å². The molecule has 3 rings (SSSR count). The summed E-state index contributed by atoms with van der Waals surface area (Å²) in [6.45, 7) is 10.1. The molecule has 0 spiro atoms. The van der Waals surface area contributed by atoms with Crippen molar-refractivity contribution in [3.63, 3.8) is 0 Å². The van der Waals surface area contributed by atoms with Gasteiger partial charge in [-0.15, -0.1) is 5.01 Å². The highest BCUT2D eigenvalue weighted by atomic mass is 35.5. The van der Waals surface area contributed by atoms with Crippen molar-refractivity contribution in [3.05, 3.63) is 57.9 Å². The van der Waals surface area contributed by atoms with E-state index < -0.39 is 0 Å². The molecule has 35 heavy (non-hydrogen) atoms. The van der Waals surface area contributed by atoms with E-state index >= 15 is 0 Å². The van der Waals surface area contributed by atoms with Crippen LogP contribution in [-0.4, -0.2) is 45.3 Å². The number of pyridine rings is 1. The lowest BCUT2D eigenvalue weighted by Gasteiger charge is -2.21. The Balaban J connectivity index is 1.56. The second kappa shape index (κ2) is 11.2. The fourth-order valence-corrected chi connectivity index (χ4v) is 3.67. The van der Waals surface area contributed by atoms with Gasteiger partial charge in [-0.1, -0.05) is 30.7 Å². The number of hydrazine groups is 1. The van der Waals surface area contributed by atoms with Crippen LogP contribution in [0.4, 0.5) is 0 Å². The maximum atomic E-state index is 12.7. The van der Waals surface area contributed by atoms with Crippen LogP contribution < -0.4 is 4.74 Å². The van der Waals surface area contributed by atoms with Gasteiger partial charge in [0.2, 0.25) is 0 Å². The zero-order valence-corrected chi connectivity index (χ0v) is 21.9. The van der Waals surface area contributed by atoms with Gasteiger partial charge in [-0.05, 0) is 57.7 Å². The predicted octanol–water partition coefficient (Wildman–Crippen LogP) is 5.42. The Morgan fingerprint density at radius 1 is 1.37 bits per heavy atom. The van der Waals surface area contributed by atoms with E-state index in [4.69, 9.17) is 25.9 Å². The molecular formula is C25H34ClN4O5+. The molecular weight excluding hydrogens is 472 g/mol. The van der Waals surface area contributed by atoms with E-state index in [0.717, 1.165) is 16.7 Å². The normalized spacial score (nSPS) is 16.5. The van der Waals surface area contributed by atoms with Gasteiger partial charge >= 0.3 is 5.97 Å². The van der Waals surface area contributed by atoms with Crippen molar-refractivity contribution in [2.45, 2.75) is 65.7 Å². The summed E-state index contributed by atoms with van der Waals surface area (Å²) < 4.78 is 11.8. The zero-order valence-electron chi connectivity index (χ0n) is 21.1. The number of hydrogen-bond acceptors (Lipinski definition) is 6. The van der Waals surface area contributed by atoms with Crippen molar-refractivity contribution in [1.82, 2.24) is 9.99 Å². The van der Waals surface area contributed by atoms with E-state index in [1.165, 1.54) is 5.01 Å². The molecule has 0 saturated carbocycles. The summed E-state index contributed by atoms with van der Waals surface area (Å²) in [5.74, 6) is 0.107. The van der Waals surface area contributed by atoms with E-state index in [1.807, 2.05) is 58.9 Å². The minimum absolute atomic E-state index is 0.00622. The molecule has 0 bridgehead atoms. The molecule has 2 aromatic rings. The van der Waals surface area contributed by atoms with Crippen LogP contribution in [0.1, 0.15) is 69.0 Å². The number of rotatable bonds is 9. The van der Waals surface area contributed by atoms with Crippen molar-refractivity contribution in [1.29, 1.82) is 0 Å². The molecule has 1 aliphatic rings. The molecule has 0 saturated heterocycles. The van der Waals surface area contributed by atoms with Gasteiger partial charge in [0.05, 0.1) is 24.9 Å². The maximum Gasteiger partial charge on any atom is 0.311 e. The third-order valence-electron chi connectivity index (χ3n) is 6.00. The summed E-state index contributed by atoms with van der Waals surface area (Å²) in [4.78, 5) is 23.0. The quantitative estimate of drug-likeness (QED) is 0.160. The zero-order chi connectivity index (χ0) is 25.8. The first-order valence-corrected chi connectivity index (χ1v) is 12.0. The molecule has 0 radical (unpaired) electrons. The van der Waals surface area contributed by atoms with Crippen molar-refractivity contribution in [3.8, 4) is 5.75 Å². The lowest BCUT2D eigenvalue weighted by atomic mass is 10.00. The topological polar surface area (TPSA) is 96.5 Å². The number of fused-ring (bicyclic) bond motifs is 1. The number of ether oxygens (including phenoxy) is 2. The Hall–Kier alpha value is -2.91. The van der Waals surface area contributed by atoms with Gasteiger partial charge in [0.15, 0.2) is 5.75 Å². The smallest absolute Gasteiger partial charge is 0.311 e. The fraction of sp³-hybridized carbons (Fsp3) is 0.520. The number of halogens is 1. The monoisotopic (exact) mass is 505 g/mol. The van der Waals surface area contributed by atoms with Crippen molar-refractivity contribution in [2.24, 2.45) is 11.2 Å². The van der Waals surface area contributed by atoms with Crippen molar-refractivity contribution in [2.75, 3.05) is 13.7 Å². The second-order valence-corrected chi connectivity index (χ2v) is 10.2. The van der Waals surface area contributed by atoms with Crippen LogP contribution in [0, 0.1) is 12.8 Å². The number of aryl methyl sites for hydroxylation is 1. The molecule has 0 amide bonds. The Kier molecular flexibility index (Phi) is 8.56. The highest BCUT2D eigenvalue weighted by molar-refractivity contribution is 6.30. The molecule has 2 heterocycles. The molecule has 1 N–H and O–H groups in total. The van der Waals surface area contributed by atoms with Gasteiger partial charge in [0.25, 0.3) is 10.2 Å². The number of carbonyl (C=O) groups excluding carboxylic acids is 1. The molecule has 1 aromatic heterocycles. The maximum absolute atomic E-state index is 12.7. The van der Waals surface area contributed by atoms with Gasteiger partial charge in [-0.2, -0.15) is 0 Å². The summed E-state index contributed by atoms with van der Waals surface area (Å²) in [6.07, 6.45) is 2.27. The van der Waals surface area contributed by atoms with Crippen LogP contribution in [0.15, 0.2) is 35.7 Å². The van der Waals surface area contributed by atoms with E-state index in [0.29, 0.717) is 34.5 Å². The Morgan fingerprint density at radius 3 is 2.71 bits per heavy atom. The van der Waals surface area contributed by atoms with Crippen LogP contribution >= 0.6 is 11.6 Å². The predicted molar refractivity (Wildman–Crippen MR) is 129 cm³/mol. The van der Waals surface area contributed by atoms with Gasteiger partial charge in [-0.25, -0.2) is 5.21 Å². The molecule has 9 nitrogen and oxygen atoms in total. The number of hydrogen-bond donors (Lipinski definition) is 1. The summed E-state index contributed by atoms with van der Waals surface area (Å²) in [7, 11) is 1.70. The SMILES string of the molecule is Cc1ncc2c(c1OC(=O)C[C@H](C)CCO/N=[N+](\O)N(C)C(C)(C)C)CO[C@H]2c1ccc(Cl)cc1. The first kappa shape index (κ1) is 26.7. The number of esters is 1. The molecule has 10 heteroatoms. The lowest BCUT2D eigenvalue weighted by Crippen LogP contribution is -2.43. The van der Waals surface area contributed by atoms with Gasteiger partial charge in [0.1, 0.15) is 12.7 Å². The first-order chi connectivity index (χ1) is 16.5. The van der Waals surface area contributed by atoms with Gasteiger partial charge in [-0.3, -0.25) is 9.78 Å². The molecule has 2 atom stereocenters. The minimum Gasteiger partial charge on any atom is -0.424 e. The van der Waals surface area contributed by atoms with Crippen LogP contribution in [0.25, 0.3) is 0 Å². The highest BCUT2D eigenvalue weighted by Crippen LogP contribution is 2.41. The standard InChI is InChI=1S/C25H34ClN4O5/c1-16(11-12-34-28-30(32)29(6)25(3,4)5)13-22(31)35-23-17(2)27-14-20-21(23)15-33-24(20)18-7-9-19(26)10-8-18/h7-10,14,16,24H,11-13,15H2,1-6H3,(H,28,32)/q+1/t16-,24+/m1/s1. The summed E-state index contributed by atoms with van der Waals surface area (Å²) in [5.41, 5.74) is 3.01. The first-order valence-electron chi connectivity index (χ1n) is 11.6. The number of aromatic nitrogens is 1. The number of carbonyl (C=O) groups is 1. The summed E-state index contributed by atoms with van der Waals surface area (Å²) >= 11 is 6.01. The third-order valence-corrected chi connectivity index (χ3v) is 6.25. The van der Waals surface area contributed by atoms with E-state index in [2.05, 4.69) is 10.3 Å². The summed E-state index contributed by atoms with van der Waals surface area (Å²) in [5, 5.41) is 15.8. The Labute approximate surface area is 211 Å². The molecule has 0 fully saturated rings. The fourth-order valence-electron chi connectivity index (χ4n) is 3.54. The van der Waals surface area contributed by atoms with Crippen molar-refractivity contribution < 1.29 is 29.3 Å². The summed E-state index contributed by atoms with van der Waals surface area (Å²) in [6, 6.07) is 7.47. The second-order valence-electron chi connectivity index (χ2n) is 9.80. The van der Waals surface area contributed by atoms with Crippen LogP contribution in [0.2, 0.25) is 5.02 Å². The van der Waals surface area contributed by atoms with Gasteiger partial charge in [0, 0.05) is 28.8 Å². The Morgan fingerprint density at radius 2 is 2.06 bits per heavy atom. The van der Waals surface area contributed by atoms with E-state index in [-0.39, 0.29) is 36.6 Å². The van der Waals surface area contributed by atoms with E-state index in [9.17, 15) is 10.0 Å². The number of benzene rings is 1. The average Bonchev–Trinajstić information content (AvgIpc) is 3.22. The minimum atomic E-state index is -0.348. The van der Waals surface area contributed by atoms with Crippen LogP contribution in [0.5, 0.6) is 5.75 Å². The average molecular weight is 506 g/mol. The number of nitrogens with zero attached hydrogens (tertiary/aromatic N) is 4. The molecule has 190 valence electrons. The lowest BCUT2D eigenvalue weighted by molar-refractivity contribution is -0.946. The van der Waals surface area contributed by atoms with Crippen molar-refractivity contribution >= 4 is 17.6 Å². The molecule has 1 aromatic carbocycles. The Bertz CT molecular complexity index is 1070. The van der Waals surface area contributed by atoms with Crippen LogP contribution in [0.3, 0.4) is 0 Å². The highest BCUT2D eigenvalue weighted by Gasteiger charge is 2.31. The largest absolute Gasteiger partial charge is 0.424 e. The molecule has 0 unspecified atom stereocenters.